The van der Waals surface area contributed by atoms with Gasteiger partial charge in [-0.3, -0.25) is 10.1 Å². The van der Waals surface area contributed by atoms with Gasteiger partial charge in [-0.15, -0.1) is 0 Å². The number of nitro groups is 1. The lowest BCUT2D eigenvalue weighted by atomic mass is 9.86. The van der Waals surface area contributed by atoms with Gasteiger partial charge in [-0.05, 0) is 43.2 Å². The first-order valence-electron chi connectivity index (χ1n) is 7.28. The molecule has 0 bridgehead atoms. The van der Waals surface area contributed by atoms with Gasteiger partial charge < -0.3 is 15.2 Å². The van der Waals surface area contributed by atoms with Gasteiger partial charge in [-0.1, -0.05) is 6.07 Å². The Labute approximate surface area is 124 Å². The summed E-state index contributed by atoms with van der Waals surface area (Å²) in [6.45, 7) is 1.41. The van der Waals surface area contributed by atoms with Crippen molar-refractivity contribution in [1.82, 2.24) is 5.32 Å². The van der Waals surface area contributed by atoms with Crippen molar-refractivity contribution in [3.05, 3.63) is 33.9 Å². The van der Waals surface area contributed by atoms with E-state index >= 15 is 0 Å². The molecule has 0 saturated heterocycles. The average Bonchev–Trinajstić information content (AvgIpc) is 2.48. The predicted octanol–water partition coefficient (Wildman–Crippen LogP) is 2.60. The van der Waals surface area contributed by atoms with Crippen LogP contribution in [0.25, 0.3) is 0 Å². The van der Waals surface area contributed by atoms with Crippen LogP contribution in [0, 0.1) is 16.0 Å². The summed E-state index contributed by atoms with van der Waals surface area (Å²) in [5, 5.41) is 23.7. The number of hydrogen-bond donors (Lipinski definition) is 2. The van der Waals surface area contributed by atoms with Gasteiger partial charge >= 0.3 is 5.69 Å². The number of phenolic OH excluding ortho intramolecular Hbond substituents is 1. The van der Waals surface area contributed by atoms with Crippen LogP contribution in [-0.2, 0) is 11.3 Å². The summed E-state index contributed by atoms with van der Waals surface area (Å²) >= 11 is 0. The van der Waals surface area contributed by atoms with Gasteiger partial charge in [0.05, 0.1) is 4.92 Å². The Hall–Kier alpha value is -1.66. The number of benzene rings is 1. The van der Waals surface area contributed by atoms with Crippen molar-refractivity contribution >= 4 is 5.69 Å². The van der Waals surface area contributed by atoms with E-state index in [1.54, 1.807) is 13.2 Å². The SMILES string of the molecule is COCC1CCC(NCc2ccc(O)c([N+](=O)[O-])c2)CC1. The van der Waals surface area contributed by atoms with Gasteiger partial charge in [0.1, 0.15) is 0 Å². The van der Waals surface area contributed by atoms with Crippen LogP contribution in [-0.4, -0.2) is 29.8 Å². The summed E-state index contributed by atoms with van der Waals surface area (Å²) in [6.07, 6.45) is 4.52. The lowest BCUT2D eigenvalue weighted by molar-refractivity contribution is -0.385. The summed E-state index contributed by atoms with van der Waals surface area (Å²) in [7, 11) is 1.74. The second-order valence-electron chi connectivity index (χ2n) is 5.63. The van der Waals surface area contributed by atoms with Crippen LogP contribution in [0.4, 0.5) is 5.69 Å². The van der Waals surface area contributed by atoms with Gasteiger partial charge in [0.15, 0.2) is 5.75 Å². The normalized spacial score (nSPS) is 22.1. The molecule has 0 heterocycles. The third kappa shape index (κ3) is 4.41. The van der Waals surface area contributed by atoms with Crippen LogP contribution in [0.2, 0.25) is 0 Å². The van der Waals surface area contributed by atoms with E-state index in [1.807, 2.05) is 0 Å². The summed E-state index contributed by atoms with van der Waals surface area (Å²) < 4.78 is 5.18. The van der Waals surface area contributed by atoms with Crippen molar-refractivity contribution in [2.45, 2.75) is 38.3 Å². The fourth-order valence-corrected chi connectivity index (χ4v) is 2.86. The first kappa shape index (κ1) is 15.7. The molecule has 0 amide bonds. The lowest BCUT2D eigenvalue weighted by Gasteiger charge is -2.28. The van der Waals surface area contributed by atoms with Crippen LogP contribution < -0.4 is 5.32 Å². The maximum atomic E-state index is 10.8. The highest BCUT2D eigenvalue weighted by atomic mass is 16.6. The molecule has 1 aliphatic rings. The number of nitrogens with zero attached hydrogens (tertiary/aromatic N) is 1. The maximum absolute atomic E-state index is 10.8. The summed E-state index contributed by atoms with van der Waals surface area (Å²) in [5.41, 5.74) is 0.580. The van der Waals surface area contributed by atoms with E-state index < -0.39 is 4.92 Å². The number of methoxy groups -OCH3 is 1. The number of phenols is 1. The fourth-order valence-electron chi connectivity index (χ4n) is 2.86. The highest BCUT2D eigenvalue weighted by molar-refractivity contribution is 5.47. The second-order valence-corrected chi connectivity index (χ2v) is 5.63. The summed E-state index contributed by atoms with van der Waals surface area (Å²) in [5.74, 6) is 0.367. The summed E-state index contributed by atoms with van der Waals surface area (Å²) in [4.78, 5) is 10.2. The molecule has 1 fully saturated rings. The Bertz CT molecular complexity index is 485. The largest absolute Gasteiger partial charge is 0.502 e. The molecule has 0 atom stereocenters. The molecule has 0 radical (unpaired) electrons. The van der Waals surface area contributed by atoms with Gasteiger partial charge in [-0.2, -0.15) is 0 Å². The maximum Gasteiger partial charge on any atom is 0.311 e. The molecule has 6 heteroatoms. The Balaban J connectivity index is 1.84. The third-order valence-corrected chi connectivity index (χ3v) is 4.08. The lowest BCUT2D eigenvalue weighted by Crippen LogP contribution is -2.33. The van der Waals surface area contributed by atoms with Crippen LogP contribution in [0.5, 0.6) is 5.75 Å². The molecule has 0 spiro atoms. The molecule has 6 nitrogen and oxygen atoms in total. The van der Waals surface area contributed by atoms with Crippen molar-refractivity contribution in [1.29, 1.82) is 0 Å². The van der Waals surface area contributed by atoms with E-state index in [1.165, 1.54) is 12.1 Å². The quantitative estimate of drug-likeness (QED) is 0.622. The average molecular weight is 294 g/mol. The third-order valence-electron chi connectivity index (χ3n) is 4.08. The zero-order valence-electron chi connectivity index (χ0n) is 12.2. The Morgan fingerprint density at radius 1 is 1.38 bits per heavy atom. The molecular formula is C15H22N2O4. The minimum Gasteiger partial charge on any atom is -0.502 e. The first-order chi connectivity index (χ1) is 10.1. The van der Waals surface area contributed by atoms with E-state index in [2.05, 4.69) is 5.32 Å². The number of nitro benzene ring substituents is 1. The molecular weight excluding hydrogens is 272 g/mol. The molecule has 1 saturated carbocycles. The predicted molar refractivity (Wildman–Crippen MR) is 79.2 cm³/mol. The van der Waals surface area contributed by atoms with E-state index in [9.17, 15) is 15.2 Å². The fraction of sp³-hybridized carbons (Fsp3) is 0.600. The molecule has 0 unspecified atom stereocenters. The number of ether oxygens (including phenoxy) is 1. The first-order valence-corrected chi connectivity index (χ1v) is 7.28. The van der Waals surface area contributed by atoms with Crippen molar-refractivity contribution in [2.24, 2.45) is 5.92 Å². The highest BCUT2D eigenvalue weighted by Crippen LogP contribution is 2.27. The van der Waals surface area contributed by atoms with Crippen molar-refractivity contribution in [3.8, 4) is 5.75 Å². The molecule has 1 aliphatic carbocycles. The standard InChI is InChI=1S/C15H22N2O4/c1-21-10-11-2-5-13(6-3-11)16-9-12-4-7-15(18)14(8-12)17(19)20/h4,7-8,11,13,16,18H,2-3,5-6,9-10H2,1H3. The molecule has 21 heavy (non-hydrogen) atoms. The number of aromatic hydroxyl groups is 1. The highest BCUT2D eigenvalue weighted by Gasteiger charge is 2.21. The Morgan fingerprint density at radius 2 is 2.10 bits per heavy atom. The molecule has 2 rings (SSSR count). The molecule has 1 aromatic carbocycles. The molecule has 116 valence electrons. The Morgan fingerprint density at radius 3 is 2.71 bits per heavy atom. The molecule has 1 aromatic rings. The van der Waals surface area contributed by atoms with Crippen LogP contribution in [0.3, 0.4) is 0 Å². The zero-order chi connectivity index (χ0) is 15.2. The van der Waals surface area contributed by atoms with Gasteiger partial charge in [0.2, 0.25) is 0 Å². The second kappa shape index (κ2) is 7.38. The van der Waals surface area contributed by atoms with Crippen molar-refractivity contribution in [3.63, 3.8) is 0 Å². The van der Waals surface area contributed by atoms with E-state index in [0.29, 0.717) is 18.5 Å². The van der Waals surface area contributed by atoms with Crippen LogP contribution in [0.1, 0.15) is 31.2 Å². The molecule has 0 aliphatic heterocycles. The topological polar surface area (TPSA) is 84.6 Å². The zero-order valence-corrected chi connectivity index (χ0v) is 12.2. The van der Waals surface area contributed by atoms with E-state index in [4.69, 9.17) is 4.74 Å². The van der Waals surface area contributed by atoms with Gasteiger partial charge in [0.25, 0.3) is 0 Å². The molecule has 2 N–H and O–H groups in total. The van der Waals surface area contributed by atoms with Crippen molar-refractivity contribution < 1.29 is 14.8 Å². The smallest absolute Gasteiger partial charge is 0.311 e. The van der Waals surface area contributed by atoms with Crippen molar-refractivity contribution in [2.75, 3.05) is 13.7 Å². The van der Waals surface area contributed by atoms with Gasteiger partial charge in [-0.25, -0.2) is 0 Å². The van der Waals surface area contributed by atoms with Crippen LogP contribution >= 0.6 is 0 Å². The molecule has 0 aromatic heterocycles. The van der Waals surface area contributed by atoms with Crippen LogP contribution in [0.15, 0.2) is 18.2 Å². The number of hydrogen-bond acceptors (Lipinski definition) is 5. The minimum absolute atomic E-state index is 0.238. The van der Waals surface area contributed by atoms with E-state index in [0.717, 1.165) is 37.9 Å². The van der Waals surface area contributed by atoms with E-state index in [-0.39, 0.29) is 11.4 Å². The summed E-state index contributed by atoms with van der Waals surface area (Å²) in [6, 6.07) is 4.97. The van der Waals surface area contributed by atoms with Gasteiger partial charge in [0, 0.05) is 32.4 Å². The Kier molecular flexibility index (Phi) is 5.52. The number of rotatable bonds is 6. The monoisotopic (exact) mass is 294 g/mol. The number of nitrogens with one attached hydrogen (secondary N) is 1. The minimum atomic E-state index is -0.561.